The molecule has 1 aliphatic carbocycles. The molecule has 0 bridgehead atoms. The Kier molecular flexibility index (Phi) is 3.83. The van der Waals surface area contributed by atoms with Gasteiger partial charge in [0, 0.05) is 5.54 Å². The maximum Gasteiger partial charge on any atom is 0.253 e. The van der Waals surface area contributed by atoms with Crippen LogP contribution in [0.5, 0.6) is 0 Å². The molecule has 1 saturated carbocycles. The Morgan fingerprint density at radius 3 is 2.56 bits per heavy atom. The number of rotatable bonds is 5. The zero-order valence-corrected chi connectivity index (χ0v) is 15.2. The van der Waals surface area contributed by atoms with E-state index in [2.05, 4.69) is 32.2 Å². The van der Waals surface area contributed by atoms with Crippen molar-refractivity contribution >= 4 is 22.8 Å². The molecule has 3 aromatic heterocycles. The first-order valence-corrected chi connectivity index (χ1v) is 8.64. The fourth-order valence-corrected chi connectivity index (χ4v) is 2.97. The topological polar surface area (TPSA) is 120 Å². The van der Waals surface area contributed by atoms with Gasteiger partial charge in [-0.15, -0.1) is 0 Å². The zero-order valence-electron chi connectivity index (χ0n) is 15.2. The third-order valence-corrected chi connectivity index (χ3v) is 4.83. The number of fused-ring (bicyclic) bond motifs is 1. The van der Waals surface area contributed by atoms with E-state index in [-0.39, 0.29) is 16.8 Å². The minimum absolute atomic E-state index is 0.0890. The number of aryl methyl sites for hydroxylation is 1. The number of amides is 1. The van der Waals surface area contributed by atoms with Crippen molar-refractivity contribution in [1.82, 2.24) is 19.9 Å². The number of hydrogen-bond donors (Lipinski definition) is 2. The highest BCUT2D eigenvalue weighted by molar-refractivity contribution is 6.09. The van der Waals surface area contributed by atoms with Crippen molar-refractivity contribution in [1.29, 1.82) is 0 Å². The molecule has 27 heavy (non-hydrogen) atoms. The van der Waals surface area contributed by atoms with Gasteiger partial charge in [0.25, 0.3) is 5.91 Å². The van der Waals surface area contributed by atoms with Crippen molar-refractivity contribution < 1.29 is 13.6 Å². The molecule has 0 aromatic carbocycles. The van der Waals surface area contributed by atoms with Gasteiger partial charge in [-0.2, -0.15) is 4.98 Å². The first-order valence-electron chi connectivity index (χ1n) is 8.64. The second kappa shape index (κ2) is 5.97. The van der Waals surface area contributed by atoms with E-state index in [0.717, 1.165) is 25.2 Å². The third kappa shape index (κ3) is 3.09. The van der Waals surface area contributed by atoms with E-state index in [9.17, 15) is 9.18 Å². The summed E-state index contributed by atoms with van der Waals surface area (Å²) in [5.41, 5.74) is 5.99. The van der Waals surface area contributed by atoms with Crippen LogP contribution in [0, 0.1) is 12.7 Å². The summed E-state index contributed by atoms with van der Waals surface area (Å²) in [4.78, 5) is 29.0. The number of furan rings is 1. The van der Waals surface area contributed by atoms with Gasteiger partial charge in [0.1, 0.15) is 23.2 Å². The van der Waals surface area contributed by atoms with Crippen molar-refractivity contribution in [2.45, 2.75) is 45.1 Å². The predicted molar refractivity (Wildman–Crippen MR) is 95.8 cm³/mol. The molecule has 1 unspecified atom stereocenters. The molecule has 9 heteroatoms. The van der Waals surface area contributed by atoms with Crippen LogP contribution in [0.2, 0.25) is 0 Å². The third-order valence-electron chi connectivity index (χ3n) is 4.83. The number of anilines is 1. The van der Waals surface area contributed by atoms with Crippen molar-refractivity contribution in [2.75, 3.05) is 5.32 Å². The molecule has 3 heterocycles. The number of halogens is 1. The van der Waals surface area contributed by atoms with E-state index in [4.69, 9.17) is 10.2 Å². The van der Waals surface area contributed by atoms with E-state index in [0.29, 0.717) is 28.6 Å². The quantitative estimate of drug-likeness (QED) is 0.708. The minimum Gasteiger partial charge on any atom is -0.442 e. The van der Waals surface area contributed by atoms with Crippen molar-refractivity contribution in [3.8, 4) is 0 Å². The molecule has 3 aromatic rings. The Morgan fingerprint density at radius 1 is 1.30 bits per heavy atom. The molecule has 3 N–H and O–H groups in total. The SMILES string of the molecule is Cc1oc2nc(C(C)c3ncc(F)cn3)nc(NC3(C)CC3)c2c1C(N)=O. The highest BCUT2D eigenvalue weighted by Gasteiger charge is 2.39. The van der Waals surface area contributed by atoms with Crippen LogP contribution < -0.4 is 11.1 Å². The van der Waals surface area contributed by atoms with Crippen LogP contribution >= 0.6 is 0 Å². The maximum atomic E-state index is 13.1. The largest absolute Gasteiger partial charge is 0.442 e. The Bertz CT molecular complexity index is 1040. The first-order chi connectivity index (χ1) is 12.8. The molecule has 1 atom stereocenters. The average molecular weight is 370 g/mol. The molecule has 0 radical (unpaired) electrons. The summed E-state index contributed by atoms with van der Waals surface area (Å²) in [5.74, 6) is 0.169. The van der Waals surface area contributed by atoms with Crippen LogP contribution in [0.25, 0.3) is 11.1 Å². The van der Waals surface area contributed by atoms with E-state index in [1.165, 1.54) is 0 Å². The summed E-state index contributed by atoms with van der Waals surface area (Å²) in [6, 6.07) is 0. The van der Waals surface area contributed by atoms with Crippen LogP contribution in [0.15, 0.2) is 16.8 Å². The van der Waals surface area contributed by atoms with Crippen LogP contribution in [0.3, 0.4) is 0 Å². The van der Waals surface area contributed by atoms with E-state index >= 15 is 0 Å². The lowest BCUT2D eigenvalue weighted by Gasteiger charge is -2.16. The average Bonchev–Trinajstić information content (AvgIpc) is 3.22. The van der Waals surface area contributed by atoms with E-state index in [1.807, 2.05) is 6.92 Å². The fourth-order valence-electron chi connectivity index (χ4n) is 2.97. The van der Waals surface area contributed by atoms with E-state index < -0.39 is 17.6 Å². The lowest BCUT2D eigenvalue weighted by atomic mass is 10.1. The first kappa shape index (κ1) is 17.3. The van der Waals surface area contributed by atoms with Crippen LogP contribution in [-0.4, -0.2) is 31.4 Å². The molecule has 8 nitrogen and oxygen atoms in total. The van der Waals surface area contributed by atoms with Crippen LogP contribution in [0.1, 0.15) is 60.4 Å². The Morgan fingerprint density at radius 2 is 1.96 bits per heavy atom. The summed E-state index contributed by atoms with van der Waals surface area (Å²) in [6.07, 6.45) is 4.19. The summed E-state index contributed by atoms with van der Waals surface area (Å²) >= 11 is 0. The molecule has 140 valence electrons. The fraction of sp³-hybridized carbons (Fsp3) is 0.389. The molecule has 0 aliphatic heterocycles. The number of nitrogens with zero attached hydrogens (tertiary/aromatic N) is 4. The Hall–Kier alpha value is -3.10. The van der Waals surface area contributed by atoms with Crippen molar-refractivity contribution in [2.24, 2.45) is 5.73 Å². The normalized spacial score (nSPS) is 16.3. The molecule has 4 rings (SSSR count). The van der Waals surface area contributed by atoms with Crippen molar-refractivity contribution in [3.05, 3.63) is 41.2 Å². The van der Waals surface area contributed by atoms with Crippen LogP contribution in [-0.2, 0) is 0 Å². The number of hydrogen-bond acceptors (Lipinski definition) is 7. The molecule has 1 fully saturated rings. The standard InChI is InChI=1S/C18H19FN6O2/c1-8(14-21-6-10(19)7-22-14)15-23-16(25-18(3)4-5-18)12-11(13(20)26)9(2)27-17(12)24-15/h6-8H,4-5H2,1-3H3,(H2,20,26)(H,23,24,25). The van der Waals surface area contributed by atoms with Gasteiger partial charge in [0.05, 0.1) is 29.3 Å². The second-order valence-corrected chi connectivity index (χ2v) is 7.17. The number of aromatic nitrogens is 4. The highest BCUT2D eigenvalue weighted by Crippen LogP contribution is 2.41. The molecular formula is C18H19FN6O2. The molecule has 1 amide bonds. The summed E-state index contributed by atoms with van der Waals surface area (Å²) < 4.78 is 18.8. The number of carbonyl (C=O) groups excluding carboxylic acids is 1. The smallest absolute Gasteiger partial charge is 0.253 e. The van der Waals surface area contributed by atoms with Gasteiger partial charge in [-0.1, -0.05) is 0 Å². The molecule has 1 aliphatic rings. The molecular weight excluding hydrogens is 351 g/mol. The van der Waals surface area contributed by atoms with E-state index in [1.54, 1.807) is 6.92 Å². The molecule has 0 spiro atoms. The maximum absolute atomic E-state index is 13.1. The van der Waals surface area contributed by atoms with Gasteiger partial charge in [-0.25, -0.2) is 19.3 Å². The van der Waals surface area contributed by atoms with Gasteiger partial charge < -0.3 is 15.5 Å². The lowest BCUT2D eigenvalue weighted by molar-refractivity contribution is 0.1000. The monoisotopic (exact) mass is 370 g/mol. The number of carbonyl (C=O) groups is 1. The van der Waals surface area contributed by atoms with Crippen molar-refractivity contribution in [3.63, 3.8) is 0 Å². The zero-order chi connectivity index (χ0) is 19.3. The number of primary amides is 1. The van der Waals surface area contributed by atoms with Gasteiger partial charge in [-0.3, -0.25) is 4.79 Å². The van der Waals surface area contributed by atoms with Gasteiger partial charge in [0.15, 0.2) is 5.82 Å². The summed E-state index contributed by atoms with van der Waals surface area (Å²) in [6.45, 7) is 5.56. The van der Waals surface area contributed by atoms with Crippen LogP contribution in [0.4, 0.5) is 10.2 Å². The van der Waals surface area contributed by atoms with Gasteiger partial charge in [0.2, 0.25) is 5.71 Å². The highest BCUT2D eigenvalue weighted by atomic mass is 19.1. The van der Waals surface area contributed by atoms with Gasteiger partial charge in [-0.05, 0) is 33.6 Å². The number of nitrogens with two attached hydrogens (primary N) is 1. The second-order valence-electron chi connectivity index (χ2n) is 7.17. The van der Waals surface area contributed by atoms with Gasteiger partial charge >= 0.3 is 0 Å². The molecule has 0 saturated heterocycles. The lowest BCUT2D eigenvalue weighted by Crippen LogP contribution is -2.20. The minimum atomic E-state index is -0.596. The predicted octanol–water partition coefficient (Wildman–Crippen LogP) is 2.68. The number of nitrogens with one attached hydrogen (secondary N) is 1. The Labute approximate surface area is 154 Å². The summed E-state index contributed by atoms with van der Waals surface area (Å²) in [7, 11) is 0. The Balaban J connectivity index is 1.87. The summed E-state index contributed by atoms with van der Waals surface area (Å²) in [5, 5.41) is 3.86.